The predicted molar refractivity (Wildman–Crippen MR) is 103 cm³/mol. The molecule has 25 heavy (non-hydrogen) atoms. The van der Waals surface area contributed by atoms with Crippen LogP contribution in [0, 0.1) is 0 Å². The largest absolute Gasteiger partial charge is 0.496 e. The quantitative estimate of drug-likeness (QED) is 0.670. The highest BCUT2D eigenvalue weighted by molar-refractivity contribution is 7.98. The van der Waals surface area contributed by atoms with Gasteiger partial charge in [0.1, 0.15) is 5.65 Å². The lowest BCUT2D eigenvalue weighted by atomic mass is 9.80. The van der Waals surface area contributed by atoms with Gasteiger partial charge < -0.3 is 9.31 Å². The summed E-state index contributed by atoms with van der Waals surface area (Å²) in [5.74, 6) is 0. The zero-order chi connectivity index (χ0) is 17.7. The number of hydrogen-bond donors (Lipinski definition) is 0. The summed E-state index contributed by atoms with van der Waals surface area (Å²) in [4.78, 5) is 5.84. The van der Waals surface area contributed by atoms with Crippen LogP contribution in [0.25, 0.3) is 11.0 Å². The summed E-state index contributed by atoms with van der Waals surface area (Å²) in [6.45, 7) is 8.25. The molecule has 1 aliphatic rings. The molecule has 6 heteroatoms. The van der Waals surface area contributed by atoms with Crippen molar-refractivity contribution in [2.45, 2.75) is 43.8 Å². The number of aromatic nitrogens is 2. The fourth-order valence-electron chi connectivity index (χ4n) is 2.79. The maximum atomic E-state index is 6.13. The molecule has 0 unspecified atom stereocenters. The van der Waals surface area contributed by atoms with Gasteiger partial charge in [-0.2, -0.15) is 0 Å². The monoisotopic (exact) mass is 352 g/mol. The minimum atomic E-state index is -0.382. The van der Waals surface area contributed by atoms with Crippen LogP contribution in [0.2, 0.25) is 0 Å². The van der Waals surface area contributed by atoms with Gasteiger partial charge in [0.2, 0.25) is 0 Å². The molecule has 1 saturated heterocycles. The van der Waals surface area contributed by atoms with Gasteiger partial charge in [0.25, 0.3) is 0 Å². The summed E-state index contributed by atoms with van der Waals surface area (Å²) >= 11 is 1.65. The number of rotatable bonds is 3. The van der Waals surface area contributed by atoms with Crippen molar-refractivity contribution in [1.82, 2.24) is 8.96 Å². The molecule has 1 fully saturated rings. The Bertz CT molecular complexity index is 892. The van der Waals surface area contributed by atoms with E-state index in [1.807, 2.05) is 30.6 Å². The van der Waals surface area contributed by atoms with E-state index in [4.69, 9.17) is 9.31 Å². The van der Waals surface area contributed by atoms with Gasteiger partial charge in [-0.3, -0.25) is 3.97 Å². The molecule has 3 aromatic rings. The standard InChI is InChI=1S/C19H21BN2O2S/c1-18(2)19(3,4)24-20(23-18)15-12-14-10-11-22(17(14)21-13-15)25-16-8-6-5-7-9-16/h5-13H,1-4H3. The first kappa shape index (κ1) is 16.7. The molecule has 0 amide bonds. The van der Waals surface area contributed by atoms with Crippen molar-refractivity contribution in [3.63, 3.8) is 0 Å². The van der Waals surface area contributed by atoms with E-state index in [9.17, 15) is 0 Å². The molecular formula is C19H21BN2O2S. The summed E-state index contributed by atoms with van der Waals surface area (Å²) in [5.41, 5.74) is 1.20. The van der Waals surface area contributed by atoms with E-state index in [1.165, 1.54) is 4.90 Å². The second-order valence-corrected chi connectivity index (χ2v) is 8.36. The number of hydrogen-bond acceptors (Lipinski definition) is 4. The Labute approximate surface area is 152 Å². The summed E-state index contributed by atoms with van der Waals surface area (Å²) in [7, 11) is -0.382. The van der Waals surface area contributed by atoms with Crippen molar-refractivity contribution in [1.29, 1.82) is 0 Å². The lowest BCUT2D eigenvalue weighted by molar-refractivity contribution is 0.00578. The minimum absolute atomic E-state index is 0.346. The van der Waals surface area contributed by atoms with Gasteiger partial charge in [-0.05, 0) is 63.9 Å². The summed E-state index contributed by atoms with van der Waals surface area (Å²) in [6.07, 6.45) is 3.90. The van der Waals surface area contributed by atoms with Gasteiger partial charge in [0, 0.05) is 28.1 Å². The van der Waals surface area contributed by atoms with Gasteiger partial charge in [-0.1, -0.05) is 18.2 Å². The summed E-state index contributed by atoms with van der Waals surface area (Å²) < 4.78 is 14.3. The molecule has 0 N–H and O–H groups in total. The van der Waals surface area contributed by atoms with Crippen LogP contribution >= 0.6 is 11.9 Å². The lowest BCUT2D eigenvalue weighted by Crippen LogP contribution is -2.41. The minimum Gasteiger partial charge on any atom is -0.399 e. The van der Waals surface area contributed by atoms with Gasteiger partial charge >= 0.3 is 7.12 Å². The predicted octanol–water partition coefficient (Wildman–Crippen LogP) is 3.89. The first-order valence-electron chi connectivity index (χ1n) is 8.42. The summed E-state index contributed by atoms with van der Waals surface area (Å²) in [5, 5.41) is 1.08. The Morgan fingerprint density at radius 2 is 1.68 bits per heavy atom. The van der Waals surface area contributed by atoms with E-state index in [2.05, 4.69) is 60.9 Å². The second-order valence-electron chi connectivity index (χ2n) is 7.32. The van der Waals surface area contributed by atoms with E-state index in [0.717, 1.165) is 16.5 Å². The van der Waals surface area contributed by atoms with Crippen LogP contribution < -0.4 is 5.46 Å². The summed E-state index contributed by atoms with van der Waals surface area (Å²) in [6, 6.07) is 14.5. The molecule has 0 bridgehead atoms. The Morgan fingerprint density at radius 3 is 2.36 bits per heavy atom. The topological polar surface area (TPSA) is 36.3 Å². The van der Waals surface area contributed by atoms with E-state index < -0.39 is 0 Å². The highest BCUT2D eigenvalue weighted by Crippen LogP contribution is 2.36. The highest BCUT2D eigenvalue weighted by atomic mass is 32.2. The number of fused-ring (bicyclic) bond motifs is 1. The van der Waals surface area contributed by atoms with Crippen LogP contribution in [0.1, 0.15) is 27.7 Å². The van der Waals surface area contributed by atoms with Crippen LogP contribution in [0.15, 0.2) is 59.8 Å². The highest BCUT2D eigenvalue weighted by Gasteiger charge is 2.51. The molecule has 3 heterocycles. The maximum Gasteiger partial charge on any atom is 0.496 e. The zero-order valence-electron chi connectivity index (χ0n) is 14.9. The van der Waals surface area contributed by atoms with Crippen molar-refractivity contribution in [2.24, 2.45) is 0 Å². The van der Waals surface area contributed by atoms with Crippen LogP contribution in [-0.2, 0) is 9.31 Å². The third-order valence-electron chi connectivity index (χ3n) is 4.99. The van der Waals surface area contributed by atoms with E-state index in [-0.39, 0.29) is 18.3 Å². The normalized spacial score (nSPS) is 18.8. The molecule has 4 nitrogen and oxygen atoms in total. The van der Waals surface area contributed by atoms with E-state index in [1.54, 1.807) is 11.9 Å². The second kappa shape index (κ2) is 5.90. The Morgan fingerprint density at radius 1 is 1.00 bits per heavy atom. The van der Waals surface area contributed by atoms with Gasteiger partial charge in [-0.25, -0.2) is 4.98 Å². The average molecular weight is 352 g/mol. The van der Waals surface area contributed by atoms with Crippen LogP contribution in [0.3, 0.4) is 0 Å². The SMILES string of the molecule is CC1(C)OB(c2cnc3c(ccn3Sc3ccccc3)c2)OC1(C)C. The molecule has 0 atom stereocenters. The molecule has 0 radical (unpaired) electrons. The first-order chi connectivity index (χ1) is 11.9. The molecule has 1 aliphatic heterocycles. The van der Waals surface area contributed by atoms with Crippen LogP contribution in [0.4, 0.5) is 0 Å². The van der Waals surface area contributed by atoms with Crippen molar-refractivity contribution >= 4 is 35.6 Å². The third kappa shape index (κ3) is 2.99. The van der Waals surface area contributed by atoms with E-state index in [0.29, 0.717) is 0 Å². The zero-order valence-corrected chi connectivity index (χ0v) is 15.7. The molecule has 4 rings (SSSR count). The lowest BCUT2D eigenvalue weighted by Gasteiger charge is -2.32. The van der Waals surface area contributed by atoms with Crippen molar-refractivity contribution in [2.75, 3.05) is 0 Å². The number of pyridine rings is 1. The molecule has 0 spiro atoms. The molecule has 2 aromatic heterocycles. The van der Waals surface area contributed by atoms with E-state index >= 15 is 0 Å². The average Bonchev–Trinajstić information content (AvgIpc) is 3.06. The van der Waals surface area contributed by atoms with Crippen molar-refractivity contribution in [3.05, 3.63) is 54.9 Å². The number of nitrogens with zero attached hydrogens (tertiary/aromatic N) is 2. The molecule has 0 aliphatic carbocycles. The van der Waals surface area contributed by atoms with Crippen LogP contribution in [0.5, 0.6) is 0 Å². The molecule has 128 valence electrons. The van der Waals surface area contributed by atoms with Gasteiger partial charge in [0.15, 0.2) is 0 Å². The molecule has 1 aromatic carbocycles. The Hall–Kier alpha value is -1.76. The number of benzene rings is 1. The molecule has 0 saturated carbocycles. The fourth-order valence-corrected chi connectivity index (χ4v) is 3.66. The maximum absolute atomic E-state index is 6.13. The van der Waals surface area contributed by atoms with Crippen molar-refractivity contribution in [3.8, 4) is 0 Å². The Kier molecular flexibility index (Phi) is 3.94. The van der Waals surface area contributed by atoms with Gasteiger partial charge in [0.05, 0.1) is 11.2 Å². The van der Waals surface area contributed by atoms with Crippen molar-refractivity contribution < 1.29 is 9.31 Å². The third-order valence-corrected chi connectivity index (χ3v) is 5.96. The first-order valence-corrected chi connectivity index (χ1v) is 9.19. The van der Waals surface area contributed by atoms with Crippen LogP contribution in [-0.4, -0.2) is 27.3 Å². The fraction of sp³-hybridized carbons (Fsp3) is 0.316. The molecular weight excluding hydrogens is 331 g/mol. The van der Waals surface area contributed by atoms with Gasteiger partial charge in [-0.15, -0.1) is 0 Å². The Balaban J connectivity index is 1.62. The smallest absolute Gasteiger partial charge is 0.399 e.